The zero-order valence-electron chi connectivity index (χ0n) is 35.6. The second kappa shape index (κ2) is 44.4. The number of carboxylic acids is 1. The monoisotopic (exact) mass is 993 g/mol. The smallest absolute Gasteiger partial charge is 0.348 e. The van der Waals surface area contributed by atoms with Crippen molar-refractivity contribution in [3.05, 3.63) is 25.3 Å². The van der Waals surface area contributed by atoms with Crippen molar-refractivity contribution in [2.45, 2.75) is 162 Å². The fourth-order valence-corrected chi connectivity index (χ4v) is 3.05. The first-order chi connectivity index (χ1) is 28.7. The molecule has 0 saturated heterocycles. The molecule has 0 aromatic heterocycles. The van der Waals surface area contributed by atoms with Gasteiger partial charge in [-0.15, -0.1) is 0 Å². The van der Waals surface area contributed by atoms with E-state index in [1.54, 1.807) is 0 Å². The van der Waals surface area contributed by atoms with Crippen LogP contribution in [-0.4, -0.2) is 167 Å². The summed E-state index contributed by atoms with van der Waals surface area (Å²) in [5.41, 5.74) is 0. The van der Waals surface area contributed by atoms with Crippen LogP contribution in [-0.2, 0) is 90.6 Å². The second-order valence-electron chi connectivity index (χ2n) is 12.1. The summed E-state index contributed by atoms with van der Waals surface area (Å²) in [6.07, 6.45) is -9.48. The van der Waals surface area contributed by atoms with Crippen molar-refractivity contribution >= 4 is 65.5 Å². The minimum absolute atomic E-state index is 0. The van der Waals surface area contributed by atoms with Gasteiger partial charge in [0, 0.05) is 18.7 Å². The number of aliphatic hydroxyl groups is 3. The summed E-state index contributed by atoms with van der Waals surface area (Å²) in [4.78, 5) is 123. The number of nitrogens with one attached hydrogen (secondary N) is 2. The molecule has 9 unspecified atom stereocenters. The SMILES string of the molecule is C.C.C.C.C.C.C=CC(=O)OCCNC(=O)C(C)OC(=O)C(C)OC(=O)C(C)OC(=O)C=C.CC(O)C(=O)OC(C)C(=O)OC(C)C(=O)NCCO.CC(O)C(=O)OC(C)C(=O)OC(C)C(=O)O. The Labute approximate surface area is 400 Å². The maximum Gasteiger partial charge on any atom is 0.348 e. The molecule has 6 N–H and O–H groups in total. The van der Waals surface area contributed by atoms with Crippen LogP contribution in [0.2, 0.25) is 0 Å². The Balaban J connectivity index is -0.000000109. The lowest BCUT2D eigenvalue weighted by molar-refractivity contribution is -0.178. The number of aliphatic hydroxyl groups excluding tert-OH is 3. The number of esters is 8. The lowest BCUT2D eigenvalue weighted by Gasteiger charge is -2.18. The molecule has 0 spiro atoms. The van der Waals surface area contributed by atoms with Crippen LogP contribution in [0.3, 0.4) is 0 Å². The molecule has 25 heteroatoms. The summed E-state index contributed by atoms with van der Waals surface area (Å²) in [5.74, 6) is -9.71. The zero-order valence-corrected chi connectivity index (χ0v) is 35.6. The predicted molar refractivity (Wildman–Crippen MR) is 245 cm³/mol. The maximum absolute atomic E-state index is 11.9. The molecule has 9 atom stereocenters. The molecular weight excluding hydrogens is 912 g/mol. The van der Waals surface area contributed by atoms with Crippen LogP contribution in [0.4, 0.5) is 0 Å². The Bertz CT molecular complexity index is 1560. The summed E-state index contributed by atoms with van der Waals surface area (Å²) in [5, 5.41) is 39.4. The highest BCUT2D eigenvalue weighted by Crippen LogP contribution is 2.05. The zero-order chi connectivity index (χ0) is 48.9. The van der Waals surface area contributed by atoms with E-state index < -0.39 is 120 Å². The minimum Gasteiger partial charge on any atom is -0.479 e. The number of ether oxygens (including phenoxy) is 8. The van der Waals surface area contributed by atoms with E-state index in [1.165, 1.54) is 62.3 Å². The van der Waals surface area contributed by atoms with Gasteiger partial charge >= 0.3 is 53.7 Å². The normalized spacial score (nSPS) is 13.1. The molecular formula is C43H80N2O23. The molecule has 0 saturated carbocycles. The number of amides is 2. The van der Waals surface area contributed by atoms with E-state index in [1.807, 2.05) is 0 Å². The van der Waals surface area contributed by atoms with Gasteiger partial charge in [0.25, 0.3) is 11.8 Å². The van der Waals surface area contributed by atoms with Gasteiger partial charge in [0.15, 0.2) is 42.7 Å². The first-order valence-electron chi connectivity index (χ1n) is 18.3. The average Bonchev–Trinajstić information content (AvgIpc) is 3.20. The molecule has 0 aromatic rings. The largest absolute Gasteiger partial charge is 0.479 e. The Kier molecular flexibility index (Phi) is 53.3. The molecule has 25 nitrogen and oxygen atoms in total. The van der Waals surface area contributed by atoms with E-state index in [9.17, 15) is 52.7 Å². The third kappa shape index (κ3) is 38.8. The second-order valence-corrected chi connectivity index (χ2v) is 12.1. The number of rotatable bonds is 23. The van der Waals surface area contributed by atoms with Crippen LogP contribution in [0.25, 0.3) is 0 Å². The number of hydrogen-bond donors (Lipinski definition) is 6. The maximum atomic E-state index is 11.9. The van der Waals surface area contributed by atoms with Gasteiger partial charge in [0.2, 0.25) is 0 Å². The number of aliphatic carboxylic acids is 1. The van der Waals surface area contributed by atoms with Gasteiger partial charge in [-0.1, -0.05) is 57.7 Å². The van der Waals surface area contributed by atoms with Gasteiger partial charge in [0.05, 0.1) is 13.2 Å². The van der Waals surface area contributed by atoms with Gasteiger partial charge in [-0.25, -0.2) is 43.2 Å². The van der Waals surface area contributed by atoms with Crippen molar-refractivity contribution in [3.8, 4) is 0 Å². The molecule has 0 aliphatic carbocycles. The Morgan fingerprint density at radius 2 is 0.721 bits per heavy atom. The first kappa shape index (κ1) is 81.7. The van der Waals surface area contributed by atoms with Crippen LogP contribution in [0, 0.1) is 0 Å². The summed E-state index contributed by atoms with van der Waals surface area (Å²) in [7, 11) is 0. The standard InChI is InChI=1S/C17H23NO9.C11H19NO7.C9H14O7.6CH4/c1-6-13(19)24-9-8-18-15(21)10(3)26-17(23)12(5)27-16(22)11(4)25-14(20)7-2;1-6(14)10(16)19-8(3)11(17)18-7(2)9(15)12-4-5-13;1-4(10)8(13)16-6(3)9(14)15-5(2)7(11)12;;;;;;/h6-7,10-12H,1-2,8-9H2,3-5H3,(H,18,21);6-8,13-14H,4-5H2,1-3H3,(H,12,15);4-6,10H,1-3H3,(H,11,12);6*1H4. The van der Waals surface area contributed by atoms with Gasteiger partial charge in [-0.2, -0.15) is 0 Å². The van der Waals surface area contributed by atoms with Crippen molar-refractivity contribution < 1.29 is 111 Å². The lowest BCUT2D eigenvalue weighted by Crippen LogP contribution is -2.40. The molecule has 400 valence electrons. The van der Waals surface area contributed by atoms with Crippen molar-refractivity contribution in [1.82, 2.24) is 10.6 Å². The molecule has 0 fully saturated rings. The lowest BCUT2D eigenvalue weighted by atomic mass is 10.3. The average molecular weight is 993 g/mol. The topological polar surface area (TPSA) is 367 Å². The Morgan fingerprint density at radius 3 is 1.01 bits per heavy atom. The first-order valence-corrected chi connectivity index (χ1v) is 18.3. The summed E-state index contributed by atoms with van der Waals surface area (Å²) in [6.45, 7) is 17.3. The predicted octanol–water partition coefficient (Wildman–Crippen LogP) is 1.28. The molecule has 2 amide bonds. The van der Waals surface area contributed by atoms with Crippen molar-refractivity contribution in [2.75, 3.05) is 26.3 Å². The van der Waals surface area contributed by atoms with E-state index in [-0.39, 0.29) is 70.9 Å². The highest BCUT2D eigenvalue weighted by molar-refractivity contribution is 5.88. The highest BCUT2D eigenvalue weighted by Gasteiger charge is 2.29. The Morgan fingerprint density at radius 1 is 0.441 bits per heavy atom. The van der Waals surface area contributed by atoms with E-state index in [0.29, 0.717) is 0 Å². The molecule has 0 aromatic carbocycles. The van der Waals surface area contributed by atoms with Crippen LogP contribution in [0.15, 0.2) is 25.3 Å². The Hall–Kier alpha value is -6.47. The summed E-state index contributed by atoms with van der Waals surface area (Å²) in [6, 6.07) is 0. The molecule has 0 aliphatic rings. The highest BCUT2D eigenvalue weighted by atomic mass is 16.6. The van der Waals surface area contributed by atoms with Crippen LogP contribution in [0.1, 0.15) is 107 Å². The fraction of sp³-hybridized carbons (Fsp3) is 0.651. The van der Waals surface area contributed by atoms with E-state index in [2.05, 4.69) is 47.5 Å². The molecule has 0 bridgehead atoms. The number of carbonyl (C=O) groups is 11. The van der Waals surface area contributed by atoms with Crippen molar-refractivity contribution in [3.63, 3.8) is 0 Å². The van der Waals surface area contributed by atoms with Gasteiger partial charge in [-0.3, -0.25) is 9.59 Å². The van der Waals surface area contributed by atoms with Gasteiger partial charge in [0.1, 0.15) is 18.8 Å². The summed E-state index contributed by atoms with van der Waals surface area (Å²) < 4.78 is 37.3. The molecule has 0 rings (SSSR count). The number of hydrogen-bond acceptors (Lipinski definition) is 22. The van der Waals surface area contributed by atoms with Crippen LogP contribution < -0.4 is 10.6 Å². The van der Waals surface area contributed by atoms with E-state index >= 15 is 0 Å². The third-order valence-corrected chi connectivity index (χ3v) is 6.54. The minimum atomic E-state index is -1.35. The number of carboxylic acid groups (broad SMARTS) is 1. The quantitative estimate of drug-likeness (QED) is 0.0363. The van der Waals surface area contributed by atoms with Crippen molar-refractivity contribution in [1.29, 1.82) is 0 Å². The number of carbonyl (C=O) groups excluding carboxylic acids is 10. The van der Waals surface area contributed by atoms with Gasteiger partial charge < -0.3 is 69.0 Å². The van der Waals surface area contributed by atoms with Crippen LogP contribution in [0.5, 0.6) is 0 Å². The molecule has 0 heterocycles. The fourth-order valence-electron chi connectivity index (χ4n) is 3.05. The molecule has 0 radical (unpaired) electrons. The van der Waals surface area contributed by atoms with E-state index in [0.717, 1.165) is 12.2 Å². The molecule has 68 heavy (non-hydrogen) atoms. The molecule has 0 aliphatic heterocycles. The third-order valence-electron chi connectivity index (χ3n) is 6.54. The summed E-state index contributed by atoms with van der Waals surface area (Å²) >= 11 is 0. The van der Waals surface area contributed by atoms with E-state index in [4.69, 9.17) is 34.6 Å². The van der Waals surface area contributed by atoms with Crippen LogP contribution >= 0.6 is 0 Å². The van der Waals surface area contributed by atoms with Gasteiger partial charge in [-0.05, 0) is 62.3 Å². The van der Waals surface area contributed by atoms with Crippen molar-refractivity contribution in [2.24, 2.45) is 0 Å².